The average molecular weight is 336 g/mol. The molecule has 2 aromatic carbocycles. The molecule has 0 saturated heterocycles. The van der Waals surface area contributed by atoms with Crippen LogP contribution in [-0.2, 0) is 0 Å². The molecule has 0 spiro atoms. The number of anilines is 1. The quantitative estimate of drug-likeness (QED) is 0.780. The third-order valence-corrected chi connectivity index (χ3v) is 3.49. The van der Waals surface area contributed by atoms with Crippen LogP contribution in [0.4, 0.5) is 23.2 Å². The Morgan fingerprint density at radius 3 is 2.38 bits per heavy atom. The van der Waals surface area contributed by atoms with Crippen molar-refractivity contribution >= 4 is 11.6 Å². The van der Waals surface area contributed by atoms with Gasteiger partial charge in [0.2, 0.25) is 0 Å². The maximum atomic E-state index is 13.4. The van der Waals surface area contributed by atoms with Crippen LogP contribution in [-0.4, -0.2) is 12.3 Å². The number of hydrogen-bond acceptors (Lipinski definition) is 3. The Kier molecular flexibility index (Phi) is 3.64. The molecule has 8 heteroatoms. The number of halogens is 4. The molecule has 0 radical (unpaired) electrons. The zero-order valence-electron chi connectivity index (χ0n) is 11.8. The first-order valence-corrected chi connectivity index (χ1v) is 6.68. The van der Waals surface area contributed by atoms with Crippen LogP contribution >= 0.6 is 0 Å². The summed E-state index contributed by atoms with van der Waals surface area (Å²) in [5.41, 5.74) is 0.606. The number of nitriles is 1. The van der Waals surface area contributed by atoms with E-state index in [0.29, 0.717) is 0 Å². The average Bonchev–Trinajstić information content (AvgIpc) is 2.78. The molecule has 24 heavy (non-hydrogen) atoms. The topological polar surface area (TPSA) is 53.3 Å². The third-order valence-electron chi connectivity index (χ3n) is 3.49. The molecule has 0 aliphatic carbocycles. The molecule has 0 N–H and O–H groups in total. The third kappa shape index (κ3) is 2.76. The Morgan fingerprint density at radius 1 is 1.12 bits per heavy atom. The van der Waals surface area contributed by atoms with Gasteiger partial charge < -0.3 is 4.74 Å². The maximum absolute atomic E-state index is 13.4. The highest BCUT2D eigenvalue weighted by Gasteiger charge is 2.38. The molecule has 1 aliphatic heterocycles. The van der Waals surface area contributed by atoms with Crippen LogP contribution in [0.25, 0.3) is 0 Å². The fourth-order valence-electron chi connectivity index (χ4n) is 2.54. The Hall–Kier alpha value is -3.08. The predicted octanol–water partition coefficient (Wildman–Crippen LogP) is 3.95. The van der Waals surface area contributed by atoms with E-state index in [1.807, 2.05) is 6.07 Å². The van der Waals surface area contributed by atoms with E-state index >= 15 is 0 Å². The van der Waals surface area contributed by atoms with Gasteiger partial charge in [-0.2, -0.15) is 5.26 Å². The zero-order chi connectivity index (χ0) is 17.5. The summed E-state index contributed by atoms with van der Waals surface area (Å²) < 4.78 is 53.7. The van der Waals surface area contributed by atoms with Crippen LogP contribution in [0.2, 0.25) is 0 Å². The van der Waals surface area contributed by atoms with E-state index in [0.717, 1.165) is 29.2 Å². The Balaban J connectivity index is 1.95. The summed E-state index contributed by atoms with van der Waals surface area (Å²) in [5, 5.41) is 9.32. The van der Waals surface area contributed by atoms with Crippen LogP contribution in [0, 0.1) is 17.1 Å². The van der Waals surface area contributed by atoms with Crippen molar-refractivity contribution in [1.29, 1.82) is 5.26 Å². The van der Waals surface area contributed by atoms with Gasteiger partial charge in [0.25, 0.3) is 5.91 Å². The van der Waals surface area contributed by atoms with Crippen molar-refractivity contribution in [1.82, 2.24) is 0 Å². The van der Waals surface area contributed by atoms with Gasteiger partial charge in [-0.05, 0) is 42.5 Å². The molecule has 1 heterocycles. The van der Waals surface area contributed by atoms with Crippen LogP contribution in [0.15, 0.2) is 42.5 Å². The van der Waals surface area contributed by atoms with Crippen molar-refractivity contribution in [3.8, 4) is 11.8 Å². The van der Waals surface area contributed by atoms with E-state index in [2.05, 4.69) is 4.74 Å². The highest BCUT2D eigenvalue weighted by atomic mass is 19.4. The van der Waals surface area contributed by atoms with E-state index in [9.17, 15) is 27.6 Å². The summed E-state index contributed by atoms with van der Waals surface area (Å²) in [6, 6.07) is 8.86. The Labute approximate surface area is 133 Å². The first-order valence-electron chi connectivity index (χ1n) is 6.68. The molecule has 122 valence electrons. The molecule has 2 aromatic rings. The molecule has 0 bridgehead atoms. The highest BCUT2D eigenvalue weighted by molar-refractivity contribution is 6.11. The van der Waals surface area contributed by atoms with E-state index in [4.69, 9.17) is 0 Å². The molecule has 0 fully saturated rings. The summed E-state index contributed by atoms with van der Waals surface area (Å²) >= 11 is 0. The van der Waals surface area contributed by atoms with E-state index in [-0.39, 0.29) is 16.8 Å². The normalized spacial score (nSPS) is 16.7. The summed E-state index contributed by atoms with van der Waals surface area (Å²) in [4.78, 5) is 13.5. The predicted molar refractivity (Wildman–Crippen MR) is 74.7 cm³/mol. The van der Waals surface area contributed by atoms with Crippen molar-refractivity contribution in [2.75, 3.05) is 4.90 Å². The zero-order valence-corrected chi connectivity index (χ0v) is 11.8. The number of nitrogens with zero attached hydrogens (tertiary/aromatic N) is 2. The van der Waals surface area contributed by atoms with Gasteiger partial charge in [0, 0.05) is 16.8 Å². The van der Waals surface area contributed by atoms with Gasteiger partial charge in [-0.15, -0.1) is 13.2 Å². The summed E-state index contributed by atoms with van der Waals surface area (Å²) in [6.45, 7) is 0. The minimum atomic E-state index is -4.83. The lowest BCUT2D eigenvalue weighted by Gasteiger charge is -2.20. The molecule has 3 rings (SSSR count). The lowest BCUT2D eigenvalue weighted by atomic mass is 10.1. The first-order chi connectivity index (χ1) is 11.3. The maximum Gasteiger partial charge on any atom is 0.573 e. The molecule has 4 nitrogen and oxygen atoms in total. The fraction of sp³-hybridized carbons (Fsp3) is 0.125. The molecule has 1 aliphatic rings. The van der Waals surface area contributed by atoms with Gasteiger partial charge in [0.1, 0.15) is 11.6 Å². The molecule has 0 saturated carbocycles. The Morgan fingerprint density at radius 2 is 1.79 bits per heavy atom. The number of fused-ring (bicyclic) bond motifs is 1. The Bertz CT molecular complexity index is 841. The number of alkyl halides is 3. The number of amides is 1. The highest BCUT2D eigenvalue weighted by Crippen LogP contribution is 2.38. The summed E-state index contributed by atoms with van der Waals surface area (Å²) in [7, 11) is 0. The van der Waals surface area contributed by atoms with Crippen LogP contribution in [0.5, 0.6) is 5.75 Å². The standard InChI is InChI=1S/C16H8F4N2O2/c17-9-1-6-12-13(7-9)14(8-21)22(15(12)23)10-2-4-11(5-3-10)24-16(18,19)20/h1-7,14H. The smallest absolute Gasteiger partial charge is 0.406 e. The van der Waals surface area contributed by atoms with Crippen LogP contribution < -0.4 is 9.64 Å². The number of carbonyl (C=O) groups excluding carboxylic acids is 1. The molecule has 0 aromatic heterocycles. The molecule has 1 amide bonds. The van der Waals surface area contributed by atoms with Crippen molar-refractivity contribution in [2.24, 2.45) is 0 Å². The SMILES string of the molecule is N#CC1c2cc(F)ccc2C(=O)N1c1ccc(OC(F)(F)F)cc1. The minimum absolute atomic E-state index is 0.179. The van der Waals surface area contributed by atoms with Gasteiger partial charge in [-0.1, -0.05) is 0 Å². The number of ether oxygens (including phenoxy) is 1. The second-order valence-electron chi connectivity index (χ2n) is 4.98. The van der Waals surface area contributed by atoms with E-state index in [1.165, 1.54) is 18.2 Å². The van der Waals surface area contributed by atoms with Crippen molar-refractivity contribution < 1.29 is 27.1 Å². The van der Waals surface area contributed by atoms with Gasteiger partial charge >= 0.3 is 6.36 Å². The van der Waals surface area contributed by atoms with Gasteiger partial charge in [0.15, 0.2) is 6.04 Å². The van der Waals surface area contributed by atoms with Crippen molar-refractivity contribution in [2.45, 2.75) is 12.4 Å². The first kappa shape index (κ1) is 15.8. The van der Waals surface area contributed by atoms with E-state index < -0.39 is 29.9 Å². The lowest BCUT2D eigenvalue weighted by Crippen LogP contribution is -2.26. The fourth-order valence-corrected chi connectivity index (χ4v) is 2.54. The number of carbonyl (C=O) groups is 1. The van der Waals surface area contributed by atoms with Crippen LogP contribution in [0.1, 0.15) is 22.0 Å². The van der Waals surface area contributed by atoms with Gasteiger partial charge in [-0.3, -0.25) is 9.69 Å². The largest absolute Gasteiger partial charge is 0.573 e. The van der Waals surface area contributed by atoms with Gasteiger partial charge in [-0.25, -0.2) is 4.39 Å². The summed E-state index contributed by atoms with van der Waals surface area (Å²) in [6.07, 6.45) is -4.83. The molecule has 1 atom stereocenters. The number of benzene rings is 2. The molecule has 1 unspecified atom stereocenters. The lowest BCUT2D eigenvalue weighted by molar-refractivity contribution is -0.274. The monoisotopic (exact) mass is 336 g/mol. The van der Waals surface area contributed by atoms with Crippen LogP contribution in [0.3, 0.4) is 0 Å². The summed E-state index contributed by atoms with van der Waals surface area (Å²) in [5.74, 6) is -1.56. The molecular weight excluding hydrogens is 328 g/mol. The minimum Gasteiger partial charge on any atom is -0.406 e. The second-order valence-corrected chi connectivity index (χ2v) is 4.98. The second kappa shape index (κ2) is 5.53. The number of rotatable bonds is 2. The van der Waals surface area contributed by atoms with Crippen molar-refractivity contribution in [3.05, 3.63) is 59.4 Å². The number of hydrogen-bond donors (Lipinski definition) is 0. The molecular formula is C16H8F4N2O2. The van der Waals surface area contributed by atoms with Gasteiger partial charge in [0.05, 0.1) is 6.07 Å². The van der Waals surface area contributed by atoms with Crippen molar-refractivity contribution in [3.63, 3.8) is 0 Å². The van der Waals surface area contributed by atoms with E-state index in [1.54, 1.807) is 0 Å².